The van der Waals surface area contributed by atoms with E-state index in [1.165, 1.54) is 0 Å². The van der Waals surface area contributed by atoms with E-state index in [0.717, 1.165) is 28.6 Å². The van der Waals surface area contributed by atoms with Crippen LogP contribution in [0.1, 0.15) is 30.5 Å². The maximum absolute atomic E-state index is 6.11. The van der Waals surface area contributed by atoms with Gasteiger partial charge in [-0.05, 0) is 58.2 Å². The van der Waals surface area contributed by atoms with Gasteiger partial charge in [-0.3, -0.25) is 4.98 Å². The second-order valence-electron chi connectivity index (χ2n) is 4.72. The maximum atomic E-state index is 6.11. The second-order valence-corrected chi connectivity index (χ2v) is 6.04. The Bertz CT molecular complexity index is 607. The highest BCUT2D eigenvalue weighted by Crippen LogP contribution is 2.31. The molecule has 1 atom stereocenters. The third kappa shape index (κ3) is 4.19. The van der Waals surface area contributed by atoms with Crippen molar-refractivity contribution in [1.82, 2.24) is 10.3 Å². The second kappa shape index (κ2) is 7.78. The lowest BCUT2D eigenvalue weighted by atomic mass is 10.00. The van der Waals surface area contributed by atoms with Crippen molar-refractivity contribution in [3.8, 4) is 5.75 Å². The molecule has 0 spiro atoms. The molecule has 0 bridgehead atoms. The summed E-state index contributed by atoms with van der Waals surface area (Å²) in [5, 5.41) is 4.15. The zero-order chi connectivity index (χ0) is 15.2. The first-order valence-electron chi connectivity index (χ1n) is 6.83. The number of hydrogen-bond acceptors (Lipinski definition) is 3. The molecular formula is C16H18BrClN2O. The molecule has 5 heteroatoms. The Balaban J connectivity index is 2.40. The first-order valence-corrected chi connectivity index (χ1v) is 8.00. The van der Waals surface area contributed by atoms with Crippen LogP contribution in [0.2, 0.25) is 5.02 Å². The van der Waals surface area contributed by atoms with E-state index in [0.29, 0.717) is 10.8 Å². The van der Waals surface area contributed by atoms with Crippen molar-refractivity contribution in [2.45, 2.75) is 19.4 Å². The minimum atomic E-state index is 0.0566. The normalized spacial score (nSPS) is 12.2. The summed E-state index contributed by atoms with van der Waals surface area (Å²) in [4.78, 5) is 4.25. The van der Waals surface area contributed by atoms with Crippen molar-refractivity contribution in [1.29, 1.82) is 0 Å². The van der Waals surface area contributed by atoms with Crippen molar-refractivity contribution < 1.29 is 4.74 Å². The summed E-state index contributed by atoms with van der Waals surface area (Å²) >= 11 is 9.59. The molecule has 1 unspecified atom stereocenters. The minimum Gasteiger partial charge on any atom is -0.495 e. The quantitative estimate of drug-likeness (QED) is 0.808. The molecule has 0 aliphatic carbocycles. The zero-order valence-electron chi connectivity index (χ0n) is 12.1. The van der Waals surface area contributed by atoms with Gasteiger partial charge < -0.3 is 10.1 Å². The molecule has 0 saturated carbocycles. The number of rotatable bonds is 6. The van der Waals surface area contributed by atoms with Gasteiger partial charge in [-0.25, -0.2) is 0 Å². The van der Waals surface area contributed by atoms with E-state index in [1.54, 1.807) is 13.3 Å². The number of ether oxygens (including phenoxy) is 1. The van der Waals surface area contributed by atoms with E-state index in [-0.39, 0.29) is 6.04 Å². The molecule has 1 aromatic heterocycles. The fourth-order valence-corrected chi connectivity index (χ4v) is 2.74. The van der Waals surface area contributed by atoms with Crippen LogP contribution in [0.5, 0.6) is 5.75 Å². The Hall–Kier alpha value is -1.10. The average molecular weight is 370 g/mol. The van der Waals surface area contributed by atoms with Gasteiger partial charge in [0.25, 0.3) is 0 Å². The number of hydrogen-bond donors (Lipinski definition) is 1. The van der Waals surface area contributed by atoms with E-state index in [9.17, 15) is 0 Å². The third-order valence-electron chi connectivity index (χ3n) is 3.17. The van der Waals surface area contributed by atoms with Crippen LogP contribution in [0.15, 0.2) is 41.1 Å². The highest BCUT2D eigenvalue weighted by atomic mass is 79.9. The molecule has 3 nitrogen and oxygen atoms in total. The van der Waals surface area contributed by atoms with Gasteiger partial charge >= 0.3 is 0 Å². The molecule has 112 valence electrons. The highest BCUT2D eigenvalue weighted by molar-refractivity contribution is 9.10. The molecular weight excluding hydrogens is 352 g/mol. The molecule has 0 aliphatic heterocycles. The zero-order valence-corrected chi connectivity index (χ0v) is 14.4. The van der Waals surface area contributed by atoms with Crippen LogP contribution in [0, 0.1) is 0 Å². The van der Waals surface area contributed by atoms with Crippen molar-refractivity contribution in [2.75, 3.05) is 13.7 Å². The Kier molecular flexibility index (Phi) is 6.03. The lowest BCUT2D eigenvalue weighted by molar-refractivity contribution is 0.414. The molecule has 21 heavy (non-hydrogen) atoms. The summed E-state index contributed by atoms with van der Waals surface area (Å²) in [6.07, 6.45) is 4.71. The first-order chi connectivity index (χ1) is 10.2. The molecule has 1 heterocycles. The van der Waals surface area contributed by atoms with Crippen LogP contribution in [0.3, 0.4) is 0 Å². The maximum Gasteiger partial charge on any atom is 0.137 e. The van der Waals surface area contributed by atoms with Crippen LogP contribution in [-0.2, 0) is 0 Å². The Morgan fingerprint density at radius 2 is 2.10 bits per heavy atom. The van der Waals surface area contributed by atoms with Crippen molar-refractivity contribution >= 4 is 27.5 Å². The fourth-order valence-electron chi connectivity index (χ4n) is 2.16. The number of nitrogens with zero attached hydrogens (tertiary/aromatic N) is 1. The van der Waals surface area contributed by atoms with Gasteiger partial charge in [0, 0.05) is 16.9 Å². The number of methoxy groups -OCH3 is 1. The van der Waals surface area contributed by atoms with Crippen molar-refractivity contribution in [3.05, 3.63) is 57.3 Å². The Morgan fingerprint density at radius 3 is 2.76 bits per heavy atom. The largest absolute Gasteiger partial charge is 0.495 e. The van der Waals surface area contributed by atoms with Gasteiger partial charge in [-0.1, -0.05) is 24.6 Å². The van der Waals surface area contributed by atoms with E-state index >= 15 is 0 Å². The van der Waals surface area contributed by atoms with Crippen LogP contribution in [0.25, 0.3) is 0 Å². The lowest BCUT2D eigenvalue weighted by Gasteiger charge is -2.20. The molecule has 0 radical (unpaired) electrons. The number of pyridine rings is 1. The topological polar surface area (TPSA) is 34.2 Å². The van der Waals surface area contributed by atoms with Gasteiger partial charge in [-0.15, -0.1) is 0 Å². The summed E-state index contributed by atoms with van der Waals surface area (Å²) in [6, 6.07) is 7.97. The van der Waals surface area contributed by atoms with E-state index in [2.05, 4.69) is 39.2 Å². The summed E-state index contributed by atoms with van der Waals surface area (Å²) < 4.78 is 6.28. The van der Waals surface area contributed by atoms with Gasteiger partial charge in [0.05, 0.1) is 18.2 Å². The van der Waals surface area contributed by atoms with Gasteiger partial charge in [0.15, 0.2) is 0 Å². The van der Waals surface area contributed by atoms with Crippen LogP contribution >= 0.6 is 27.5 Å². The number of nitrogens with one attached hydrogen (secondary N) is 1. The minimum absolute atomic E-state index is 0.0566. The number of aromatic nitrogens is 1. The predicted octanol–water partition coefficient (Wildman–Crippen LogP) is 4.60. The smallest absolute Gasteiger partial charge is 0.137 e. The SMILES string of the molecule is CCCNC(c1cncc(Br)c1)c1ccc(Cl)c(OC)c1. The fraction of sp³-hybridized carbons (Fsp3) is 0.312. The molecule has 2 aromatic rings. The van der Waals surface area contributed by atoms with E-state index in [4.69, 9.17) is 16.3 Å². The van der Waals surface area contributed by atoms with Crippen LogP contribution in [0.4, 0.5) is 0 Å². The van der Waals surface area contributed by atoms with E-state index < -0.39 is 0 Å². The average Bonchev–Trinajstić information content (AvgIpc) is 2.49. The number of halogens is 2. The summed E-state index contributed by atoms with van der Waals surface area (Å²) in [6.45, 7) is 3.06. The molecule has 2 rings (SSSR count). The molecule has 1 N–H and O–H groups in total. The third-order valence-corrected chi connectivity index (χ3v) is 3.91. The molecule has 0 amide bonds. The standard InChI is InChI=1S/C16H18BrClN2O/c1-3-6-20-16(12-7-13(17)10-19-9-12)11-4-5-14(18)15(8-11)21-2/h4-5,7-10,16,20H,3,6H2,1-2H3. The van der Waals surface area contributed by atoms with Crippen molar-refractivity contribution in [2.24, 2.45) is 0 Å². The summed E-state index contributed by atoms with van der Waals surface area (Å²) in [5.74, 6) is 0.681. The van der Waals surface area contributed by atoms with E-state index in [1.807, 2.05) is 24.4 Å². The molecule has 0 saturated heterocycles. The summed E-state index contributed by atoms with van der Waals surface area (Å²) in [7, 11) is 1.63. The van der Waals surface area contributed by atoms with Crippen LogP contribution < -0.4 is 10.1 Å². The lowest BCUT2D eigenvalue weighted by Crippen LogP contribution is -2.23. The molecule has 1 aromatic carbocycles. The molecule has 0 fully saturated rings. The van der Waals surface area contributed by atoms with Gasteiger partial charge in [-0.2, -0.15) is 0 Å². The Morgan fingerprint density at radius 1 is 1.29 bits per heavy atom. The Labute approximate surface area is 138 Å². The summed E-state index contributed by atoms with van der Waals surface area (Å²) in [5.41, 5.74) is 2.20. The van der Waals surface area contributed by atoms with Gasteiger partial charge in [0.1, 0.15) is 5.75 Å². The number of benzene rings is 1. The monoisotopic (exact) mass is 368 g/mol. The highest BCUT2D eigenvalue weighted by Gasteiger charge is 2.16. The van der Waals surface area contributed by atoms with Crippen LogP contribution in [-0.4, -0.2) is 18.6 Å². The van der Waals surface area contributed by atoms with Gasteiger partial charge in [0.2, 0.25) is 0 Å². The molecule has 0 aliphatic rings. The predicted molar refractivity (Wildman–Crippen MR) is 90.1 cm³/mol. The van der Waals surface area contributed by atoms with Crippen molar-refractivity contribution in [3.63, 3.8) is 0 Å². The first kappa shape index (κ1) is 16.3.